The topological polar surface area (TPSA) is 65.7 Å². The van der Waals surface area contributed by atoms with E-state index in [1.54, 1.807) is 0 Å². The molecule has 0 aliphatic rings. The molecule has 0 saturated carbocycles. The predicted molar refractivity (Wildman–Crippen MR) is 89.4 cm³/mol. The Morgan fingerprint density at radius 2 is 2.00 bits per heavy atom. The zero-order chi connectivity index (χ0) is 16.7. The molecule has 2 N–H and O–H groups in total. The van der Waals surface area contributed by atoms with Gasteiger partial charge in [0.2, 0.25) is 5.43 Å². The molecule has 0 spiro atoms. The van der Waals surface area contributed by atoms with Gasteiger partial charge in [-0.05, 0) is 32.9 Å². The first-order valence-electron chi connectivity index (χ1n) is 8.27. The molecule has 0 amide bonds. The molecule has 0 saturated heterocycles. The molecule has 5 nitrogen and oxygen atoms in total. The van der Waals surface area contributed by atoms with Gasteiger partial charge >= 0.3 is 0 Å². The minimum absolute atomic E-state index is 0.00621. The Balaban J connectivity index is 3.27. The van der Waals surface area contributed by atoms with Gasteiger partial charge in [0.1, 0.15) is 0 Å². The van der Waals surface area contributed by atoms with Gasteiger partial charge in [-0.1, -0.05) is 27.2 Å². The highest BCUT2D eigenvalue weighted by molar-refractivity contribution is 5.30. The average molecular weight is 310 g/mol. The summed E-state index contributed by atoms with van der Waals surface area (Å²) in [5.74, 6) is -0.188. The SMILES string of the molecule is CCCCN(CC)Cc1c(O)c(=O)cc(C)n1C(CC)CO. The Morgan fingerprint density at radius 3 is 2.50 bits per heavy atom. The Bertz CT molecular complexity index is 521. The molecule has 1 atom stereocenters. The number of unbranched alkanes of at least 4 members (excludes halogenated alkanes) is 1. The summed E-state index contributed by atoms with van der Waals surface area (Å²) in [5.41, 5.74) is 1.05. The molecule has 126 valence electrons. The lowest BCUT2D eigenvalue weighted by atomic mass is 10.1. The van der Waals surface area contributed by atoms with Crippen LogP contribution in [-0.2, 0) is 6.54 Å². The number of pyridine rings is 1. The Hall–Kier alpha value is -1.33. The first kappa shape index (κ1) is 18.7. The van der Waals surface area contributed by atoms with Gasteiger partial charge in [0.05, 0.1) is 18.3 Å². The first-order valence-corrected chi connectivity index (χ1v) is 8.27. The van der Waals surface area contributed by atoms with Crippen molar-refractivity contribution in [1.82, 2.24) is 9.47 Å². The average Bonchev–Trinajstić information content (AvgIpc) is 2.51. The van der Waals surface area contributed by atoms with Crippen LogP contribution in [0.2, 0.25) is 0 Å². The van der Waals surface area contributed by atoms with Gasteiger partial charge in [0.15, 0.2) is 5.75 Å². The highest BCUT2D eigenvalue weighted by Crippen LogP contribution is 2.23. The number of nitrogens with zero attached hydrogens (tertiary/aromatic N) is 2. The summed E-state index contributed by atoms with van der Waals surface area (Å²) in [6.45, 7) is 10.4. The van der Waals surface area contributed by atoms with E-state index in [0.717, 1.165) is 38.0 Å². The van der Waals surface area contributed by atoms with E-state index in [1.807, 2.05) is 18.4 Å². The zero-order valence-corrected chi connectivity index (χ0v) is 14.3. The molecule has 1 unspecified atom stereocenters. The molecule has 0 bridgehead atoms. The molecule has 0 aliphatic heterocycles. The van der Waals surface area contributed by atoms with Crippen LogP contribution in [0, 0.1) is 6.92 Å². The quantitative estimate of drug-likeness (QED) is 0.735. The lowest BCUT2D eigenvalue weighted by molar-refractivity contribution is 0.207. The maximum Gasteiger partial charge on any atom is 0.223 e. The van der Waals surface area contributed by atoms with Crippen molar-refractivity contribution in [2.75, 3.05) is 19.7 Å². The third-order valence-corrected chi connectivity index (χ3v) is 4.21. The highest BCUT2D eigenvalue weighted by atomic mass is 16.3. The molecule has 1 heterocycles. The number of aliphatic hydroxyl groups is 1. The van der Waals surface area contributed by atoms with Crippen LogP contribution in [-0.4, -0.2) is 39.4 Å². The lowest BCUT2D eigenvalue weighted by Crippen LogP contribution is -2.30. The Morgan fingerprint density at radius 1 is 1.32 bits per heavy atom. The molecule has 0 aromatic carbocycles. The van der Waals surface area contributed by atoms with Gasteiger partial charge in [-0.3, -0.25) is 9.69 Å². The summed E-state index contributed by atoms with van der Waals surface area (Å²) in [4.78, 5) is 14.2. The number of aliphatic hydroxyl groups excluding tert-OH is 1. The molecular weight excluding hydrogens is 280 g/mol. The zero-order valence-electron chi connectivity index (χ0n) is 14.3. The molecule has 0 radical (unpaired) electrons. The fourth-order valence-corrected chi connectivity index (χ4v) is 2.79. The third kappa shape index (κ3) is 4.34. The van der Waals surface area contributed by atoms with Crippen molar-refractivity contribution in [3.05, 3.63) is 27.7 Å². The van der Waals surface area contributed by atoms with E-state index < -0.39 is 0 Å². The lowest BCUT2D eigenvalue weighted by Gasteiger charge is -2.28. The van der Waals surface area contributed by atoms with Gasteiger partial charge in [0, 0.05) is 18.3 Å². The standard InChI is InChI=1S/C17H30N2O3/c1-5-8-9-18(7-3)11-15-17(22)16(21)10-13(4)19(15)14(6-2)12-20/h10,14,20,22H,5-9,11-12H2,1-4H3. The molecule has 5 heteroatoms. The second-order valence-electron chi connectivity index (χ2n) is 5.78. The monoisotopic (exact) mass is 310 g/mol. The number of aryl methyl sites for hydroxylation is 1. The summed E-state index contributed by atoms with van der Waals surface area (Å²) in [6, 6.07) is 1.32. The van der Waals surface area contributed by atoms with Crippen molar-refractivity contribution >= 4 is 0 Å². The van der Waals surface area contributed by atoms with Crippen LogP contribution < -0.4 is 5.43 Å². The normalized spacial score (nSPS) is 12.8. The fourth-order valence-electron chi connectivity index (χ4n) is 2.79. The van der Waals surface area contributed by atoms with Crippen molar-refractivity contribution in [3.63, 3.8) is 0 Å². The molecule has 1 rings (SSSR count). The summed E-state index contributed by atoms with van der Waals surface area (Å²) in [5, 5.41) is 19.9. The number of hydrogen-bond donors (Lipinski definition) is 2. The minimum atomic E-state index is -0.344. The second-order valence-corrected chi connectivity index (χ2v) is 5.78. The van der Waals surface area contributed by atoms with Gasteiger partial charge in [-0.15, -0.1) is 0 Å². The second kappa shape index (κ2) is 8.96. The summed E-state index contributed by atoms with van der Waals surface area (Å²) >= 11 is 0. The van der Waals surface area contributed by atoms with Crippen LogP contribution in [0.3, 0.4) is 0 Å². The predicted octanol–water partition coefficient (Wildman–Crippen LogP) is 2.43. The third-order valence-electron chi connectivity index (χ3n) is 4.21. The van der Waals surface area contributed by atoms with Crippen LogP contribution in [0.15, 0.2) is 10.9 Å². The summed E-state index contributed by atoms with van der Waals surface area (Å²) in [7, 11) is 0. The van der Waals surface area contributed by atoms with Crippen molar-refractivity contribution in [1.29, 1.82) is 0 Å². The number of aromatic nitrogens is 1. The fraction of sp³-hybridized carbons (Fsp3) is 0.706. The van der Waals surface area contributed by atoms with E-state index in [-0.39, 0.29) is 23.8 Å². The van der Waals surface area contributed by atoms with E-state index in [2.05, 4.69) is 18.7 Å². The van der Waals surface area contributed by atoms with Crippen LogP contribution in [0.4, 0.5) is 0 Å². The number of hydrogen-bond acceptors (Lipinski definition) is 4. The molecule has 22 heavy (non-hydrogen) atoms. The highest BCUT2D eigenvalue weighted by Gasteiger charge is 2.20. The number of aromatic hydroxyl groups is 1. The summed E-state index contributed by atoms with van der Waals surface area (Å²) < 4.78 is 1.92. The Kier molecular flexibility index (Phi) is 7.62. The van der Waals surface area contributed by atoms with E-state index >= 15 is 0 Å². The maximum absolute atomic E-state index is 12.0. The largest absolute Gasteiger partial charge is 0.503 e. The van der Waals surface area contributed by atoms with Crippen LogP contribution >= 0.6 is 0 Å². The Labute approximate surface area is 133 Å². The van der Waals surface area contributed by atoms with E-state index in [1.165, 1.54) is 6.07 Å². The van der Waals surface area contributed by atoms with Gasteiger partial charge < -0.3 is 14.8 Å². The molecule has 1 aromatic heterocycles. The minimum Gasteiger partial charge on any atom is -0.503 e. The van der Waals surface area contributed by atoms with E-state index in [0.29, 0.717) is 12.2 Å². The van der Waals surface area contributed by atoms with Crippen molar-refractivity contribution in [2.45, 2.75) is 59.5 Å². The smallest absolute Gasteiger partial charge is 0.223 e. The van der Waals surface area contributed by atoms with Gasteiger partial charge in [-0.25, -0.2) is 0 Å². The van der Waals surface area contributed by atoms with Gasteiger partial charge in [-0.2, -0.15) is 0 Å². The van der Waals surface area contributed by atoms with E-state index in [4.69, 9.17) is 0 Å². The van der Waals surface area contributed by atoms with E-state index in [9.17, 15) is 15.0 Å². The van der Waals surface area contributed by atoms with Crippen LogP contribution in [0.25, 0.3) is 0 Å². The molecule has 0 aliphatic carbocycles. The van der Waals surface area contributed by atoms with Crippen molar-refractivity contribution in [3.8, 4) is 5.75 Å². The van der Waals surface area contributed by atoms with Gasteiger partial charge in [0.25, 0.3) is 0 Å². The van der Waals surface area contributed by atoms with Crippen LogP contribution in [0.1, 0.15) is 57.5 Å². The first-order chi connectivity index (χ1) is 10.5. The van der Waals surface area contributed by atoms with Crippen LogP contribution in [0.5, 0.6) is 5.75 Å². The molecular formula is C17H30N2O3. The van der Waals surface area contributed by atoms with Crippen molar-refractivity contribution in [2.24, 2.45) is 0 Å². The molecule has 0 fully saturated rings. The maximum atomic E-state index is 12.0. The molecule has 1 aromatic rings. The van der Waals surface area contributed by atoms with Crippen molar-refractivity contribution < 1.29 is 10.2 Å². The summed E-state index contributed by atoms with van der Waals surface area (Å²) in [6.07, 6.45) is 2.94. The number of rotatable bonds is 9.